The Morgan fingerprint density at radius 2 is 1.85 bits per heavy atom. The van der Waals surface area contributed by atoms with Crippen LogP contribution in [0.15, 0.2) is 23.1 Å². The summed E-state index contributed by atoms with van der Waals surface area (Å²) >= 11 is 0. The van der Waals surface area contributed by atoms with Crippen molar-refractivity contribution in [1.29, 1.82) is 0 Å². The molecule has 112 valence electrons. The number of hydrogen-bond acceptors (Lipinski definition) is 5. The Balaban J connectivity index is 2.33. The molecule has 0 spiro atoms. The Morgan fingerprint density at radius 3 is 2.55 bits per heavy atom. The highest BCUT2D eigenvalue weighted by atomic mass is 32.2. The van der Waals surface area contributed by atoms with Gasteiger partial charge in [-0.2, -0.15) is 4.31 Å². The third kappa shape index (κ3) is 3.05. The minimum Gasteiger partial charge on any atom is -0.493 e. The number of methoxy groups -OCH3 is 2. The number of rotatable bonds is 4. The van der Waals surface area contributed by atoms with Crippen molar-refractivity contribution in [3.8, 4) is 11.5 Å². The summed E-state index contributed by atoms with van der Waals surface area (Å²) in [5, 5.41) is 0. The van der Waals surface area contributed by atoms with Gasteiger partial charge in [0.25, 0.3) is 0 Å². The lowest BCUT2D eigenvalue weighted by atomic mass is 10.3. The summed E-state index contributed by atoms with van der Waals surface area (Å²) in [6, 6.07) is 4.61. The maximum Gasteiger partial charge on any atom is 0.243 e. The molecule has 0 N–H and O–H groups in total. The van der Waals surface area contributed by atoms with E-state index in [1.807, 2.05) is 0 Å². The Labute approximate surface area is 119 Å². The second kappa shape index (κ2) is 6.43. The van der Waals surface area contributed by atoms with Gasteiger partial charge < -0.3 is 14.2 Å². The quantitative estimate of drug-likeness (QED) is 0.833. The van der Waals surface area contributed by atoms with Crippen LogP contribution in [0.1, 0.15) is 6.42 Å². The van der Waals surface area contributed by atoms with Gasteiger partial charge in [-0.3, -0.25) is 0 Å². The molecule has 1 aliphatic heterocycles. The van der Waals surface area contributed by atoms with E-state index in [9.17, 15) is 8.42 Å². The highest BCUT2D eigenvalue weighted by Gasteiger charge is 2.26. The van der Waals surface area contributed by atoms with Crippen molar-refractivity contribution in [1.82, 2.24) is 4.31 Å². The zero-order valence-electron chi connectivity index (χ0n) is 11.7. The fourth-order valence-corrected chi connectivity index (χ4v) is 3.57. The van der Waals surface area contributed by atoms with Gasteiger partial charge >= 0.3 is 0 Å². The predicted octanol–water partition coefficient (Wildman–Crippen LogP) is 1.11. The van der Waals surface area contributed by atoms with Gasteiger partial charge in [-0.25, -0.2) is 8.42 Å². The molecule has 20 heavy (non-hydrogen) atoms. The molecule has 0 amide bonds. The van der Waals surface area contributed by atoms with Gasteiger partial charge in [0.15, 0.2) is 11.5 Å². The molecule has 1 fully saturated rings. The summed E-state index contributed by atoms with van der Waals surface area (Å²) in [5.74, 6) is 0.908. The number of nitrogens with zero attached hydrogens (tertiary/aromatic N) is 1. The first-order valence-corrected chi connectivity index (χ1v) is 7.83. The molecule has 0 unspecified atom stereocenters. The molecule has 2 rings (SSSR count). The van der Waals surface area contributed by atoms with E-state index in [1.165, 1.54) is 30.7 Å². The Bertz CT molecular complexity index is 550. The first kappa shape index (κ1) is 15.1. The van der Waals surface area contributed by atoms with Gasteiger partial charge in [0.1, 0.15) is 0 Å². The fraction of sp³-hybridized carbons (Fsp3) is 0.538. The average Bonchev–Trinajstić information content (AvgIpc) is 2.76. The van der Waals surface area contributed by atoms with Crippen LogP contribution in [0.2, 0.25) is 0 Å². The maximum absolute atomic E-state index is 12.6. The molecule has 1 aliphatic rings. The maximum atomic E-state index is 12.6. The third-order valence-electron chi connectivity index (χ3n) is 3.17. The van der Waals surface area contributed by atoms with Crippen LogP contribution in [-0.4, -0.2) is 53.2 Å². The van der Waals surface area contributed by atoms with E-state index in [1.54, 1.807) is 6.07 Å². The smallest absolute Gasteiger partial charge is 0.243 e. The van der Waals surface area contributed by atoms with E-state index >= 15 is 0 Å². The molecule has 6 nitrogen and oxygen atoms in total. The lowest BCUT2D eigenvalue weighted by molar-refractivity contribution is 0.148. The van der Waals surface area contributed by atoms with Crippen LogP contribution in [0.4, 0.5) is 0 Å². The van der Waals surface area contributed by atoms with Crippen LogP contribution in [0.3, 0.4) is 0 Å². The van der Waals surface area contributed by atoms with Crippen LogP contribution < -0.4 is 9.47 Å². The molecule has 0 aliphatic carbocycles. The summed E-state index contributed by atoms with van der Waals surface area (Å²) in [6.45, 7) is 1.86. The molecule has 1 saturated heterocycles. The molecule has 1 aromatic carbocycles. The molecule has 0 saturated carbocycles. The monoisotopic (exact) mass is 301 g/mol. The van der Waals surface area contributed by atoms with Gasteiger partial charge in [-0.15, -0.1) is 0 Å². The van der Waals surface area contributed by atoms with Crippen molar-refractivity contribution < 1.29 is 22.6 Å². The number of ether oxygens (including phenoxy) is 3. The van der Waals surface area contributed by atoms with E-state index in [-0.39, 0.29) is 4.90 Å². The van der Waals surface area contributed by atoms with Crippen molar-refractivity contribution in [2.45, 2.75) is 11.3 Å². The molecule has 1 aromatic rings. The Morgan fingerprint density at radius 1 is 1.10 bits per heavy atom. The normalized spacial score (nSPS) is 17.5. The standard InChI is InChI=1S/C13H19NO5S/c1-17-12-5-4-11(10-13(12)18-2)20(15,16)14-6-3-8-19-9-7-14/h4-5,10H,3,6-9H2,1-2H3. The zero-order chi connectivity index (χ0) is 14.6. The largest absolute Gasteiger partial charge is 0.493 e. The summed E-state index contributed by atoms with van der Waals surface area (Å²) in [7, 11) is -0.533. The van der Waals surface area contributed by atoms with Gasteiger partial charge in [-0.1, -0.05) is 0 Å². The molecule has 1 heterocycles. The van der Waals surface area contributed by atoms with Crippen molar-refractivity contribution >= 4 is 10.0 Å². The number of sulfonamides is 1. The molecule has 0 atom stereocenters. The minimum absolute atomic E-state index is 0.206. The van der Waals surface area contributed by atoms with E-state index in [2.05, 4.69) is 0 Å². The molecule has 7 heteroatoms. The summed E-state index contributed by atoms with van der Waals surface area (Å²) in [4.78, 5) is 0.206. The number of benzene rings is 1. The molecular formula is C13H19NO5S. The van der Waals surface area contributed by atoms with E-state index in [0.29, 0.717) is 44.2 Å². The summed E-state index contributed by atoms with van der Waals surface area (Å²) in [6.07, 6.45) is 0.701. The third-order valence-corrected chi connectivity index (χ3v) is 5.07. The van der Waals surface area contributed by atoms with Gasteiger partial charge in [0, 0.05) is 25.8 Å². The van der Waals surface area contributed by atoms with Crippen LogP contribution in [0, 0.1) is 0 Å². The molecular weight excluding hydrogens is 282 g/mol. The topological polar surface area (TPSA) is 65.1 Å². The predicted molar refractivity (Wildman–Crippen MR) is 73.7 cm³/mol. The fourth-order valence-electron chi connectivity index (χ4n) is 2.09. The average molecular weight is 301 g/mol. The molecule has 0 bridgehead atoms. The van der Waals surface area contributed by atoms with Crippen LogP contribution in [0.5, 0.6) is 11.5 Å². The SMILES string of the molecule is COc1ccc(S(=O)(=O)N2CCCOCC2)cc1OC. The van der Waals surface area contributed by atoms with Gasteiger partial charge in [0.2, 0.25) is 10.0 Å². The Kier molecular flexibility index (Phi) is 4.85. The lowest BCUT2D eigenvalue weighted by Gasteiger charge is -2.20. The second-order valence-electron chi connectivity index (χ2n) is 4.39. The first-order valence-electron chi connectivity index (χ1n) is 6.39. The summed E-state index contributed by atoms with van der Waals surface area (Å²) < 4.78 is 42.2. The number of hydrogen-bond donors (Lipinski definition) is 0. The Hall–Kier alpha value is -1.31. The summed E-state index contributed by atoms with van der Waals surface area (Å²) in [5.41, 5.74) is 0. The zero-order valence-corrected chi connectivity index (χ0v) is 12.5. The van der Waals surface area contributed by atoms with Crippen molar-refractivity contribution in [2.24, 2.45) is 0 Å². The van der Waals surface area contributed by atoms with Crippen LogP contribution in [-0.2, 0) is 14.8 Å². The van der Waals surface area contributed by atoms with Crippen molar-refractivity contribution in [2.75, 3.05) is 40.5 Å². The van der Waals surface area contributed by atoms with Crippen LogP contribution >= 0.6 is 0 Å². The van der Waals surface area contributed by atoms with Gasteiger partial charge in [0.05, 0.1) is 25.7 Å². The first-order chi connectivity index (χ1) is 9.59. The van der Waals surface area contributed by atoms with Gasteiger partial charge in [-0.05, 0) is 18.6 Å². The van der Waals surface area contributed by atoms with Crippen LogP contribution in [0.25, 0.3) is 0 Å². The lowest BCUT2D eigenvalue weighted by Crippen LogP contribution is -2.33. The highest BCUT2D eigenvalue weighted by molar-refractivity contribution is 7.89. The van der Waals surface area contributed by atoms with Crippen molar-refractivity contribution in [3.63, 3.8) is 0 Å². The molecule has 0 radical (unpaired) electrons. The minimum atomic E-state index is -3.53. The second-order valence-corrected chi connectivity index (χ2v) is 6.32. The van der Waals surface area contributed by atoms with E-state index in [4.69, 9.17) is 14.2 Å². The van der Waals surface area contributed by atoms with Crippen molar-refractivity contribution in [3.05, 3.63) is 18.2 Å². The van der Waals surface area contributed by atoms with E-state index in [0.717, 1.165) is 0 Å². The highest BCUT2D eigenvalue weighted by Crippen LogP contribution is 2.30. The van der Waals surface area contributed by atoms with E-state index < -0.39 is 10.0 Å². The molecule has 0 aromatic heterocycles.